The van der Waals surface area contributed by atoms with Gasteiger partial charge in [0, 0.05) is 0 Å². The third kappa shape index (κ3) is 1.96. The Kier molecular flexibility index (Phi) is 3.33. The maximum atomic E-state index is 9.31. The van der Waals surface area contributed by atoms with Crippen molar-refractivity contribution < 1.29 is 10.2 Å². The number of aliphatic hydroxyl groups excluding tert-OH is 2. The SMILES string of the molecule is CC(C)C(C)(C)[C@H](O)CO. The highest BCUT2D eigenvalue weighted by Gasteiger charge is 2.30. The first kappa shape index (κ1) is 9.92. The van der Waals surface area contributed by atoms with E-state index in [2.05, 4.69) is 0 Å². The molecule has 1 atom stereocenters. The molecule has 0 spiro atoms. The first-order chi connectivity index (χ1) is 4.42. The van der Waals surface area contributed by atoms with E-state index in [0.717, 1.165) is 0 Å². The molecule has 2 N–H and O–H groups in total. The molecule has 2 nitrogen and oxygen atoms in total. The Morgan fingerprint density at radius 1 is 1.30 bits per heavy atom. The van der Waals surface area contributed by atoms with Gasteiger partial charge in [-0.15, -0.1) is 0 Å². The van der Waals surface area contributed by atoms with Crippen molar-refractivity contribution in [2.75, 3.05) is 6.61 Å². The Labute approximate surface area is 62.9 Å². The summed E-state index contributed by atoms with van der Waals surface area (Å²) in [5.41, 5.74) is -0.186. The molecule has 0 heterocycles. The van der Waals surface area contributed by atoms with Gasteiger partial charge in [-0.1, -0.05) is 27.7 Å². The number of rotatable bonds is 3. The van der Waals surface area contributed by atoms with Gasteiger partial charge in [-0.2, -0.15) is 0 Å². The second-order valence-corrected chi connectivity index (χ2v) is 3.67. The Balaban J connectivity index is 4.09. The van der Waals surface area contributed by atoms with E-state index in [4.69, 9.17) is 5.11 Å². The molecule has 0 aliphatic heterocycles. The molecule has 2 heteroatoms. The van der Waals surface area contributed by atoms with Crippen molar-refractivity contribution in [1.29, 1.82) is 0 Å². The van der Waals surface area contributed by atoms with Crippen molar-refractivity contribution in [1.82, 2.24) is 0 Å². The van der Waals surface area contributed by atoms with Gasteiger partial charge < -0.3 is 10.2 Å². The van der Waals surface area contributed by atoms with E-state index >= 15 is 0 Å². The quantitative estimate of drug-likeness (QED) is 0.624. The zero-order valence-corrected chi connectivity index (χ0v) is 7.26. The highest BCUT2D eigenvalue weighted by Crippen LogP contribution is 2.29. The minimum atomic E-state index is -0.604. The van der Waals surface area contributed by atoms with Gasteiger partial charge in [0.25, 0.3) is 0 Å². The Bertz CT molecular complexity index is 97.4. The predicted octanol–water partition coefficient (Wildman–Crippen LogP) is 1.02. The summed E-state index contributed by atoms with van der Waals surface area (Å²) in [5.74, 6) is 0.384. The molecule has 0 aliphatic carbocycles. The highest BCUT2D eigenvalue weighted by atomic mass is 16.3. The van der Waals surface area contributed by atoms with Gasteiger partial charge in [0.05, 0.1) is 12.7 Å². The van der Waals surface area contributed by atoms with E-state index in [9.17, 15) is 5.11 Å². The second kappa shape index (κ2) is 3.35. The summed E-state index contributed by atoms with van der Waals surface area (Å²) in [5, 5.41) is 18.0. The van der Waals surface area contributed by atoms with Gasteiger partial charge in [0.1, 0.15) is 0 Å². The lowest BCUT2D eigenvalue weighted by Crippen LogP contribution is -2.36. The fourth-order valence-electron chi connectivity index (χ4n) is 0.620. The lowest BCUT2D eigenvalue weighted by molar-refractivity contribution is -0.0209. The Morgan fingerprint density at radius 3 is 1.80 bits per heavy atom. The van der Waals surface area contributed by atoms with Crippen LogP contribution in [0, 0.1) is 11.3 Å². The molecule has 0 aromatic carbocycles. The van der Waals surface area contributed by atoms with Crippen molar-refractivity contribution in [3.8, 4) is 0 Å². The topological polar surface area (TPSA) is 40.5 Å². The molecule has 62 valence electrons. The molecule has 0 aliphatic rings. The van der Waals surface area contributed by atoms with Crippen molar-refractivity contribution in [3.63, 3.8) is 0 Å². The van der Waals surface area contributed by atoms with E-state index < -0.39 is 6.10 Å². The molecule has 0 amide bonds. The van der Waals surface area contributed by atoms with Gasteiger partial charge in [-0.3, -0.25) is 0 Å². The average Bonchev–Trinajstić information content (AvgIpc) is 1.86. The van der Waals surface area contributed by atoms with Crippen molar-refractivity contribution in [2.45, 2.75) is 33.8 Å². The average molecular weight is 146 g/mol. The van der Waals surface area contributed by atoms with Gasteiger partial charge in [-0.25, -0.2) is 0 Å². The summed E-state index contributed by atoms with van der Waals surface area (Å²) >= 11 is 0. The molecule has 10 heavy (non-hydrogen) atoms. The maximum absolute atomic E-state index is 9.31. The van der Waals surface area contributed by atoms with Crippen molar-refractivity contribution in [3.05, 3.63) is 0 Å². The van der Waals surface area contributed by atoms with Crippen LogP contribution in [0.25, 0.3) is 0 Å². The lowest BCUT2D eigenvalue weighted by atomic mass is 9.76. The maximum Gasteiger partial charge on any atom is 0.0824 e. The Morgan fingerprint density at radius 2 is 1.70 bits per heavy atom. The van der Waals surface area contributed by atoms with E-state index in [1.807, 2.05) is 27.7 Å². The van der Waals surface area contributed by atoms with Crippen LogP contribution in [0.2, 0.25) is 0 Å². The summed E-state index contributed by atoms with van der Waals surface area (Å²) in [6.45, 7) is 7.85. The lowest BCUT2D eigenvalue weighted by Gasteiger charge is -2.33. The zero-order chi connectivity index (χ0) is 8.36. The minimum Gasteiger partial charge on any atom is -0.394 e. The molecule has 0 saturated heterocycles. The van der Waals surface area contributed by atoms with Crippen LogP contribution in [0.1, 0.15) is 27.7 Å². The number of hydrogen-bond acceptors (Lipinski definition) is 2. The molecule has 0 radical (unpaired) electrons. The number of hydrogen-bond donors (Lipinski definition) is 2. The minimum absolute atomic E-state index is 0.148. The van der Waals surface area contributed by atoms with Crippen LogP contribution in [0.5, 0.6) is 0 Å². The largest absolute Gasteiger partial charge is 0.394 e. The Hall–Kier alpha value is -0.0800. The van der Waals surface area contributed by atoms with Crippen LogP contribution >= 0.6 is 0 Å². The molecule has 0 rings (SSSR count). The molecule has 0 fully saturated rings. The molecule has 0 saturated carbocycles. The first-order valence-electron chi connectivity index (χ1n) is 3.71. The van der Waals surface area contributed by atoms with Crippen LogP contribution in [0.3, 0.4) is 0 Å². The summed E-state index contributed by atoms with van der Waals surface area (Å²) in [7, 11) is 0. The fourth-order valence-corrected chi connectivity index (χ4v) is 0.620. The van der Waals surface area contributed by atoms with Crippen molar-refractivity contribution >= 4 is 0 Å². The summed E-state index contributed by atoms with van der Waals surface area (Å²) in [6.07, 6.45) is -0.604. The van der Waals surface area contributed by atoms with Crippen LogP contribution in [-0.2, 0) is 0 Å². The molecule has 0 aromatic rings. The van der Waals surface area contributed by atoms with Gasteiger partial charge in [0.2, 0.25) is 0 Å². The van der Waals surface area contributed by atoms with E-state index in [-0.39, 0.29) is 12.0 Å². The van der Waals surface area contributed by atoms with Gasteiger partial charge >= 0.3 is 0 Å². The highest BCUT2D eigenvalue weighted by molar-refractivity contribution is 4.79. The smallest absolute Gasteiger partial charge is 0.0824 e. The third-order valence-corrected chi connectivity index (χ3v) is 2.52. The fraction of sp³-hybridized carbons (Fsp3) is 1.00. The molecular formula is C8H18O2. The number of aliphatic hydroxyl groups is 2. The van der Waals surface area contributed by atoms with Crippen LogP contribution in [0.15, 0.2) is 0 Å². The normalized spacial score (nSPS) is 15.9. The summed E-state index contributed by atoms with van der Waals surface area (Å²) in [6, 6.07) is 0. The van der Waals surface area contributed by atoms with Crippen LogP contribution in [0.4, 0.5) is 0 Å². The van der Waals surface area contributed by atoms with E-state index in [1.165, 1.54) is 0 Å². The van der Waals surface area contributed by atoms with Crippen LogP contribution in [-0.4, -0.2) is 22.9 Å². The molecule has 0 bridgehead atoms. The van der Waals surface area contributed by atoms with Gasteiger partial charge in [0.15, 0.2) is 0 Å². The third-order valence-electron chi connectivity index (χ3n) is 2.52. The molecule has 0 aromatic heterocycles. The van der Waals surface area contributed by atoms with Crippen LogP contribution < -0.4 is 0 Å². The predicted molar refractivity (Wildman–Crippen MR) is 41.7 cm³/mol. The first-order valence-corrected chi connectivity index (χ1v) is 3.71. The molecular weight excluding hydrogens is 128 g/mol. The monoisotopic (exact) mass is 146 g/mol. The van der Waals surface area contributed by atoms with E-state index in [0.29, 0.717) is 5.92 Å². The van der Waals surface area contributed by atoms with Gasteiger partial charge in [-0.05, 0) is 11.3 Å². The summed E-state index contributed by atoms with van der Waals surface area (Å²) in [4.78, 5) is 0. The summed E-state index contributed by atoms with van der Waals surface area (Å²) < 4.78 is 0. The zero-order valence-electron chi connectivity index (χ0n) is 7.26. The molecule has 0 unspecified atom stereocenters. The standard InChI is InChI=1S/C8H18O2/c1-6(2)8(3,4)7(10)5-9/h6-7,9-10H,5H2,1-4H3/t7-/m1/s1. The second-order valence-electron chi connectivity index (χ2n) is 3.67. The van der Waals surface area contributed by atoms with E-state index in [1.54, 1.807) is 0 Å². The van der Waals surface area contributed by atoms with Crippen molar-refractivity contribution in [2.24, 2.45) is 11.3 Å².